The normalized spacial score (nSPS) is 11.7. The van der Waals surface area contributed by atoms with E-state index in [1.54, 1.807) is 13.8 Å². The van der Waals surface area contributed by atoms with E-state index in [1.807, 2.05) is 0 Å². The number of rotatable bonds is 3. The highest BCUT2D eigenvalue weighted by molar-refractivity contribution is 7.89. The van der Waals surface area contributed by atoms with E-state index < -0.39 is 10.0 Å². The number of halogens is 1. The van der Waals surface area contributed by atoms with Gasteiger partial charge in [-0.2, -0.15) is 0 Å². The number of benzene rings is 1. The maximum Gasteiger partial charge on any atom is 0.240 e. The van der Waals surface area contributed by atoms with Crippen LogP contribution >= 0.6 is 11.6 Å². The zero-order valence-electron chi connectivity index (χ0n) is 8.54. The number of nitrogens with one attached hydrogen (secondary N) is 1. The van der Waals surface area contributed by atoms with E-state index in [0.717, 1.165) is 0 Å². The molecule has 1 aromatic rings. The monoisotopic (exact) mass is 248 g/mol. The van der Waals surface area contributed by atoms with Gasteiger partial charge >= 0.3 is 0 Å². The summed E-state index contributed by atoms with van der Waals surface area (Å²) in [7, 11) is -3.50. The molecule has 0 aliphatic carbocycles. The van der Waals surface area contributed by atoms with Crippen molar-refractivity contribution < 1.29 is 8.42 Å². The topological polar surface area (TPSA) is 72.2 Å². The van der Waals surface area contributed by atoms with Crippen LogP contribution < -0.4 is 10.5 Å². The van der Waals surface area contributed by atoms with E-state index in [9.17, 15) is 8.42 Å². The molecule has 0 atom stereocenters. The number of nitrogens with two attached hydrogens (primary N) is 1. The van der Waals surface area contributed by atoms with Crippen molar-refractivity contribution in [2.24, 2.45) is 0 Å². The summed E-state index contributed by atoms with van der Waals surface area (Å²) >= 11 is 5.76. The molecule has 0 radical (unpaired) electrons. The van der Waals surface area contributed by atoms with Crippen molar-refractivity contribution in [3.63, 3.8) is 0 Å². The second-order valence-corrected chi connectivity index (χ2v) is 5.29. The van der Waals surface area contributed by atoms with Gasteiger partial charge in [0.15, 0.2) is 0 Å². The van der Waals surface area contributed by atoms with Crippen molar-refractivity contribution >= 4 is 27.3 Å². The van der Waals surface area contributed by atoms with Crippen LogP contribution in [-0.4, -0.2) is 15.0 Å². The van der Waals surface area contributed by atoms with Crippen LogP contribution in [0.5, 0.6) is 0 Å². The Morgan fingerprint density at radius 2 is 2.07 bits per heavy atom. The second-order valence-electron chi connectivity index (χ2n) is 3.12. The highest BCUT2D eigenvalue weighted by Crippen LogP contribution is 2.25. The summed E-state index contributed by atoms with van der Waals surface area (Å²) in [5.74, 6) is 0. The third-order valence-corrected chi connectivity index (χ3v) is 3.88. The van der Waals surface area contributed by atoms with Gasteiger partial charge in [0.05, 0.1) is 4.90 Å². The molecule has 0 aliphatic heterocycles. The molecule has 3 N–H and O–H groups in total. The summed E-state index contributed by atoms with van der Waals surface area (Å²) in [4.78, 5) is 0.134. The lowest BCUT2D eigenvalue weighted by atomic mass is 10.2. The average Bonchev–Trinajstić information content (AvgIpc) is 2.11. The summed E-state index contributed by atoms with van der Waals surface area (Å²) in [5.41, 5.74) is 6.53. The molecule has 1 rings (SSSR count). The Kier molecular flexibility index (Phi) is 3.59. The number of hydrogen-bond acceptors (Lipinski definition) is 3. The molecule has 1 aromatic carbocycles. The Labute approximate surface area is 94.5 Å². The van der Waals surface area contributed by atoms with Crippen molar-refractivity contribution in [3.05, 3.63) is 22.7 Å². The van der Waals surface area contributed by atoms with Crippen molar-refractivity contribution in [2.75, 3.05) is 12.3 Å². The number of hydrogen-bond donors (Lipinski definition) is 2. The predicted octanol–water partition coefficient (Wildman–Crippen LogP) is 1.53. The first-order chi connectivity index (χ1) is 6.88. The maximum absolute atomic E-state index is 11.7. The lowest BCUT2D eigenvalue weighted by Crippen LogP contribution is -2.24. The van der Waals surface area contributed by atoms with Crippen LogP contribution in [0, 0.1) is 6.92 Å². The molecule has 4 nitrogen and oxygen atoms in total. The largest absolute Gasteiger partial charge is 0.398 e. The van der Waals surface area contributed by atoms with E-state index in [1.165, 1.54) is 12.1 Å². The van der Waals surface area contributed by atoms with Crippen LogP contribution in [0.15, 0.2) is 17.0 Å². The van der Waals surface area contributed by atoms with E-state index in [4.69, 9.17) is 17.3 Å². The minimum atomic E-state index is -3.50. The Morgan fingerprint density at radius 1 is 1.47 bits per heavy atom. The van der Waals surface area contributed by atoms with Crippen molar-refractivity contribution in [2.45, 2.75) is 18.7 Å². The minimum Gasteiger partial charge on any atom is -0.398 e. The molecule has 0 heterocycles. The van der Waals surface area contributed by atoms with E-state index in [0.29, 0.717) is 22.8 Å². The third-order valence-electron chi connectivity index (χ3n) is 1.99. The SMILES string of the molecule is CCNS(=O)(=O)c1cc(Cl)cc(N)c1C. The lowest BCUT2D eigenvalue weighted by molar-refractivity contribution is 0.583. The van der Waals surface area contributed by atoms with Gasteiger partial charge < -0.3 is 5.73 Å². The quantitative estimate of drug-likeness (QED) is 0.797. The summed E-state index contributed by atoms with van der Waals surface area (Å²) in [6.07, 6.45) is 0. The molecule has 0 aromatic heterocycles. The van der Waals surface area contributed by atoms with Gasteiger partial charge in [-0.3, -0.25) is 0 Å². The first-order valence-corrected chi connectivity index (χ1v) is 6.30. The van der Waals surface area contributed by atoms with Crippen molar-refractivity contribution in [1.29, 1.82) is 0 Å². The van der Waals surface area contributed by atoms with E-state index in [-0.39, 0.29) is 4.90 Å². The van der Waals surface area contributed by atoms with Crippen molar-refractivity contribution in [1.82, 2.24) is 4.72 Å². The van der Waals surface area contributed by atoms with Gasteiger partial charge in [-0.15, -0.1) is 0 Å². The fourth-order valence-corrected chi connectivity index (χ4v) is 2.85. The van der Waals surface area contributed by atoms with Gasteiger partial charge in [-0.05, 0) is 24.6 Å². The van der Waals surface area contributed by atoms with Crippen LogP contribution in [0.1, 0.15) is 12.5 Å². The first kappa shape index (κ1) is 12.3. The summed E-state index contributed by atoms with van der Waals surface area (Å²) in [5, 5.41) is 0.314. The van der Waals surface area contributed by atoms with E-state index in [2.05, 4.69) is 4.72 Å². The zero-order chi connectivity index (χ0) is 11.6. The van der Waals surface area contributed by atoms with Gasteiger partial charge in [0, 0.05) is 17.3 Å². The zero-order valence-corrected chi connectivity index (χ0v) is 10.1. The molecule has 84 valence electrons. The van der Waals surface area contributed by atoms with Gasteiger partial charge in [0.2, 0.25) is 10.0 Å². The Balaban J connectivity index is 3.38. The molecular formula is C9H13ClN2O2S. The number of nitrogen functional groups attached to an aromatic ring is 1. The minimum absolute atomic E-state index is 0.134. The Hall–Kier alpha value is -0.780. The van der Waals surface area contributed by atoms with Crippen LogP contribution in [0.25, 0.3) is 0 Å². The molecule has 15 heavy (non-hydrogen) atoms. The van der Waals surface area contributed by atoms with Gasteiger partial charge in [0.1, 0.15) is 0 Å². The maximum atomic E-state index is 11.7. The highest BCUT2D eigenvalue weighted by Gasteiger charge is 2.17. The Morgan fingerprint density at radius 3 is 2.60 bits per heavy atom. The molecule has 6 heteroatoms. The van der Waals surface area contributed by atoms with Gasteiger partial charge in [-0.1, -0.05) is 18.5 Å². The summed E-state index contributed by atoms with van der Waals surface area (Å²) < 4.78 is 25.9. The first-order valence-electron chi connectivity index (χ1n) is 4.43. The molecule has 0 saturated carbocycles. The standard InChI is InChI=1S/C9H13ClN2O2S/c1-3-12-15(13,14)9-5-7(10)4-8(11)6(9)2/h4-5,12H,3,11H2,1-2H3. The van der Waals surface area contributed by atoms with Gasteiger partial charge in [-0.25, -0.2) is 13.1 Å². The van der Waals surface area contributed by atoms with Crippen LogP contribution in [0.4, 0.5) is 5.69 Å². The molecule has 0 fully saturated rings. The fourth-order valence-electron chi connectivity index (χ4n) is 1.22. The third kappa shape index (κ3) is 2.62. The van der Waals surface area contributed by atoms with Crippen LogP contribution in [0.3, 0.4) is 0 Å². The summed E-state index contributed by atoms with van der Waals surface area (Å²) in [6, 6.07) is 2.92. The van der Waals surface area contributed by atoms with Gasteiger partial charge in [0.25, 0.3) is 0 Å². The van der Waals surface area contributed by atoms with E-state index >= 15 is 0 Å². The molecule has 0 saturated heterocycles. The number of sulfonamides is 1. The Bertz CT molecular complexity index is 471. The lowest BCUT2D eigenvalue weighted by Gasteiger charge is -2.10. The molecule has 0 aliphatic rings. The van der Waals surface area contributed by atoms with Crippen LogP contribution in [0.2, 0.25) is 5.02 Å². The molecule has 0 bridgehead atoms. The molecule has 0 unspecified atom stereocenters. The molecular weight excluding hydrogens is 236 g/mol. The highest BCUT2D eigenvalue weighted by atomic mass is 35.5. The van der Waals surface area contributed by atoms with Crippen LogP contribution in [-0.2, 0) is 10.0 Å². The number of anilines is 1. The molecule has 0 amide bonds. The van der Waals surface area contributed by atoms with Crippen molar-refractivity contribution in [3.8, 4) is 0 Å². The second kappa shape index (κ2) is 4.38. The predicted molar refractivity (Wildman–Crippen MR) is 61.5 cm³/mol. The molecule has 0 spiro atoms. The summed E-state index contributed by atoms with van der Waals surface area (Å²) in [6.45, 7) is 3.69. The average molecular weight is 249 g/mol. The smallest absolute Gasteiger partial charge is 0.240 e. The fraction of sp³-hybridized carbons (Fsp3) is 0.333.